The van der Waals surface area contributed by atoms with Gasteiger partial charge in [0, 0.05) is 6.42 Å². The summed E-state index contributed by atoms with van der Waals surface area (Å²) in [7, 11) is 0. The van der Waals surface area contributed by atoms with Crippen molar-refractivity contribution < 1.29 is 9.53 Å². The van der Waals surface area contributed by atoms with Crippen LogP contribution in [0, 0.1) is 11.8 Å². The Morgan fingerprint density at radius 2 is 1.69 bits per heavy atom. The van der Waals surface area contributed by atoms with Crippen LogP contribution in [0.4, 0.5) is 0 Å². The van der Waals surface area contributed by atoms with E-state index < -0.39 is 0 Å². The Labute approximate surface area is 101 Å². The molecule has 0 amide bonds. The summed E-state index contributed by atoms with van der Waals surface area (Å²) in [6.45, 7) is 9.30. The maximum absolute atomic E-state index is 11.3. The number of hydrogen-bond acceptors (Lipinski definition) is 2. The van der Waals surface area contributed by atoms with Crippen LogP contribution in [0.25, 0.3) is 0 Å². The topological polar surface area (TPSA) is 26.3 Å². The number of rotatable bonds is 9. The molecule has 0 saturated carbocycles. The van der Waals surface area contributed by atoms with Gasteiger partial charge in [-0.05, 0) is 24.7 Å². The highest BCUT2D eigenvalue weighted by molar-refractivity contribution is 5.69. The Morgan fingerprint density at radius 3 is 2.19 bits per heavy atom. The van der Waals surface area contributed by atoms with Crippen LogP contribution in [-0.4, -0.2) is 12.6 Å². The van der Waals surface area contributed by atoms with Gasteiger partial charge in [-0.25, -0.2) is 0 Å². The zero-order valence-corrected chi connectivity index (χ0v) is 11.4. The van der Waals surface area contributed by atoms with Gasteiger partial charge in [-0.15, -0.1) is 0 Å². The van der Waals surface area contributed by atoms with Crippen LogP contribution in [-0.2, 0) is 9.53 Å². The number of esters is 1. The molecule has 0 saturated heterocycles. The van der Waals surface area contributed by atoms with Gasteiger partial charge in [0.05, 0.1) is 6.61 Å². The Balaban J connectivity index is 3.96. The van der Waals surface area contributed by atoms with Gasteiger partial charge in [0.15, 0.2) is 0 Å². The van der Waals surface area contributed by atoms with Crippen molar-refractivity contribution in [3.8, 4) is 0 Å². The average molecular weight is 228 g/mol. The lowest BCUT2D eigenvalue weighted by Gasteiger charge is -2.23. The predicted octanol–water partition coefficient (Wildman–Crippen LogP) is 4.18. The fourth-order valence-electron chi connectivity index (χ4n) is 2.07. The van der Waals surface area contributed by atoms with Gasteiger partial charge in [-0.1, -0.05) is 47.0 Å². The molecular weight excluding hydrogens is 200 g/mol. The minimum absolute atomic E-state index is 0.0349. The normalized spacial score (nSPS) is 14.5. The summed E-state index contributed by atoms with van der Waals surface area (Å²) in [5, 5.41) is 0. The number of carbonyl (C=O) groups excluding carboxylic acids is 1. The summed E-state index contributed by atoms with van der Waals surface area (Å²) in [6, 6.07) is 0. The quantitative estimate of drug-likeness (QED) is 0.553. The standard InChI is InChI=1S/C14H28O2/c1-5-8-12(4)13(9-6-2)11-16-14(15)10-7-3/h12-13H,5-11H2,1-4H3. The summed E-state index contributed by atoms with van der Waals surface area (Å²) in [6.07, 6.45) is 6.22. The van der Waals surface area contributed by atoms with E-state index in [4.69, 9.17) is 4.74 Å². The molecule has 0 aliphatic carbocycles. The maximum Gasteiger partial charge on any atom is 0.305 e. The molecule has 0 aliphatic rings. The molecule has 0 heterocycles. The molecule has 2 heteroatoms. The molecule has 0 aromatic rings. The second kappa shape index (κ2) is 9.68. The van der Waals surface area contributed by atoms with Crippen LogP contribution < -0.4 is 0 Å². The minimum atomic E-state index is -0.0349. The zero-order chi connectivity index (χ0) is 12.4. The fourth-order valence-corrected chi connectivity index (χ4v) is 2.07. The molecule has 0 aliphatic heterocycles. The molecule has 16 heavy (non-hydrogen) atoms. The third-order valence-corrected chi connectivity index (χ3v) is 3.12. The molecule has 2 atom stereocenters. The molecule has 96 valence electrons. The van der Waals surface area contributed by atoms with Crippen molar-refractivity contribution in [2.45, 2.75) is 66.2 Å². The van der Waals surface area contributed by atoms with Crippen LogP contribution in [0.1, 0.15) is 66.2 Å². The van der Waals surface area contributed by atoms with Gasteiger partial charge in [-0.3, -0.25) is 4.79 Å². The van der Waals surface area contributed by atoms with Crippen molar-refractivity contribution in [1.82, 2.24) is 0 Å². The second-order valence-electron chi connectivity index (χ2n) is 4.75. The van der Waals surface area contributed by atoms with Crippen molar-refractivity contribution in [3.05, 3.63) is 0 Å². The summed E-state index contributed by atoms with van der Waals surface area (Å²) in [5.74, 6) is 1.18. The van der Waals surface area contributed by atoms with E-state index in [0.717, 1.165) is 6.42 Å². The molecule has 0 N–H and O–H groups in total. The Morgan fingerprint density at radius 1 is 1.06 bits per heavy atom. The first-order valence-corrected chi connectivity index (χ1v) is 6.81. The van der Waals surface area contributed by atoms with Crippen molar-refractivity contribution >= 4 is 5.97 Å². The second-order valence-corrected chi connectivity index (χ2v) is 4.75. The van der Waals surface area contributed by atoms with Crippen molar-refractivity contribution in [1.29, 1.82) is 0 Å². The maximum atomic E-state index is 11.3. The van der Waals surface area contributed by atoms with Crippen molar-refractivity contribution in [2.24, 2.45) is 11.8 Å². The molecular formula is C14H28O2. The lowest BCUT2D eigenvalue weighted by atomic mass is 9.87. The van der Waals surface area contributed by atoms with Gasteiger partial charge >= 0.3 is 5.97 Å². The minimum Gasteiger partial charge on any atom is -0.465 e. The molecule has 0 aromatic carbocycles. The average Bonchev–Trinajstić information content (AvgIpc) is 2.24. The number of ether oxygens (including phenoxy) is 1. The highest BCUT2D eigenvalue weighted by atomic mass is 16.5. The van der Waals surface area contributed by atoms with Gasteiger partial charge in [0.1, 0.15) is 0 Å². The Bertz CT molecular complexity index is 178. The monoisotopic (exact) mass is 228 g/mol. The van der Waals surface area contributed by atoms with E-state index in [1.54, 1.807) is 0 Å². The number of hydrogen-bond donors (Lipinski definition) is 0. The van der Waals surface area contributed by atoms with E-state index in [-0.39, 0.29) is 5.97 Å². The van der Waals surface area contributed by atoms with Crippen LogP contribution in [0.3, 0.4) is 0 Å². The van der Waals surface area contributed by atoms with Crippen LogP contribution in [0.2, 0.25) is 0 Å². The van der Waals surface area contributed by atoms with Gasteiger partial charge in [0.2, 0.25) is 0 Å². The molecule has 0 rings (SSSR count). The molecule has 2 unspecified atom stereocenters. The summed E-state index contributed by atoms with van der Waals surface area (Å²) < 4.78 is 5.33. The lowest BCUT2D eigenvalue weighted by Crippen LogP contribution is -2.20. The molecule has 0 fully saturated rings. The third kappa shape index (κ3) is 6.86. The van der Waals surface area contributed by atoms with E-state index in [1.807, 2.05) is 6.92 Å². The van der Waals surface area contributed by atoms with Gasteiger partial charge in [-0.2, -0.15) is 0 Å². The van der Waals surface area contributed by atoms with E-state index in [1.165, 1.54) is 25.7 Å². The summed E-state index contributed by atoms with van der Waals surface area (Å²) >= 11 is 0. The van der Waals surface area contributed by atoms with Crippen LogP contribution in [0.5, 0.6) is 0 Å². The van der Waals surface area contributed by atoms with E-state index in [0.29, 0.717) is 24.9 Å². The van der Waals surface area contributed by atoms with Crippen molar-refractivity contribution in [2.75, 3.05) is 6.61 Å². The number of carbonyl (C=O) groups is 1. The Kier molecular flexibility index (Phi) is 9.36. The van der Waals surface area contributed by atoms with Gasteiger partial charge < -0.3 is 4.74 Å². The largest absolute Gasteiger partial charge is 0.465 e. The third-order valence-electron chi connectivity index (χ3n) is 3.12. The fraction of sp³-hybridized carbons (Fsp3) is 0.929. The van der Waals surface area contributed by atoms with E-state index >= 15 is 0 Å². The highest BCUT2D eigenvalue weighted by Gasteiger charge is 2.17. The zero-order valence-electron chi connectivity index (χ0n) is 11.4. The molecule has 0 radical (unpaired) electrons. The first-order valence-electron chi connectivity index (χ1n) is 6.81. The van der Waals surface area contributed by atoms with Crippen LogP contribution in [0.15, 0.2) is 0 Å². The smallest absolute Gasteiger partial charge is 0.305 e. The molecule has 0 spiro atoms. The highest BCUT2D eigenvalue weighted by Crippen LogP contribution is 2.22. The Hall–Kier alpha value is -0.530. The first-order chi connectivity index (χ1) is 7.65. The summed E-state index contributed by atoms with van der Waals surface area (Å²) in [5.41, 5.74) is 0. The SMILES string of the molecule is CCCC(=O)OCC(CCC)C(C)CCC. The summed E-state index contributed by atoms with van der Waals surface area (Å²) in [4.78, 5) is 11.3. The predicted molar refractivity (Wildman–Crippen MR) is 68.3 cm³/mol. The van der Waals surface area contributed by atoms with Gasteiger partial charge in [0.25, 0.3) is 0 Å². The van der Waals surface area contributed by atoms with E-state index in [9.17, 15) is 4.79 Å². The van der Waals surface area contributed by atoms with E-state index in [2.05, 4.69) is 20.8 Å². The molecule has 0 bridgehead atoms. The van der Waals surface area contributed by atoms with Crippen LogP contribution >= 0.6 is 0 Å². The molecule has 2 nitrogen and oxygen atoms in total. The lowest BCUT2D eigenvalue weighted by molar-refractivity contribution is -0.145. The van der Waals surface area contributed by atoms with Crippen molar-refractivity contribution in [3.63, 3.8) is 0 Å². The first kappa shape index (κ1) is 15.5. The molecule has 0 aromatic heterocycles.